The van der Waals surface area contributed by atoms with Crippen molar-refractivity contribution < 1.29 is 26.7 Å². The number of ether oxygens (including phenoxy) is 1. The van der Waals surface area contributed by atoms with E-state index in [1.54, 1.807) is 48.5 Å². The Balaban J connectivity index is 1.60. The van der Waals surface area contributed by atoms with E-state index in [1.807, 2.05) is 6.92 Å². The quantitative estimate of drug-likeness (QED) is 0.491. The third-order valence-electron chi connectivity index (χ3n) is 5.80. The first-order valence-electron chi connectivity index (χ1n) is 10.7. The van der Waals surface area contributed by atoms with Crippen LogP contribution in [0.1, 0.15) is 27.9 Å². The number of alkyl halides is 2. The number of hydrogen-bond donors (Lipinski definition) is 0. The second-order valence-electron chi connectivity index (χ2n) is 8.04. The maximum Gasteiger partial charge on any atom is 0.387 e. The number of hydrogen-bond acceptors (Lipinski definition) is 4. The van der Waals surface area contributed by atoms with Gasteiger partial charge in [0.25, 0.3) is 15.9 Å². The highest BCUT2D eigenvalue weighted by Crippen LogP contribution is 2.38. The normalized spacial score (nSPS) is 13.5. The van der Waals surface area contributed by atoms with Gasteiger partial charge in [0, 0.05) is 19.2 Å². The van der Waals surface area contributed by atoms with Crippen molar-refractivity contribution in [3.8, 4) is 5.75 Å². The van der Waals surface area contributed by atoms with Gasteiger partial charge in [0.15, 0.2) is 0 Å². The first kappa shape index (κ1) is 23.7. The lowest BCUT2D eigenvalue weighted by Gasteiger charge is -2.31. The molecule has 0 N–H and O–H groups in total. The average molecular weight is 487 g/mol. The number of amides is 1. The van der Waals surface area contributed by atoms with E-state index < -0.39 is 16.6 Å². The Morgan fingerprint density at radius 3 is 2.35 bits per heavy atom. The standard InChI is InChI=1S/C25H24F2N2O4S/c1-17-8-14-21(15-9-17)34(31,32)28(2)20-12-10-19(11-13-20)24(30)29-16-4-6-18-5-3-7-22(23(18)29)33-25(26)27/h3,5,7-15,25H,4,6,16H2,1-2H3. The summed E-state index contributed by atoms with van der Waals surface area (Å²) in [5, 5.41) is 0. The zero-order valence-electron chi connectivity index (χ0n) is 18.7. The second kappa shape index (κ2) is 9.42. The van der Waals surface area contributed by atoms with Gasteiger partial charge in [-0.1, -0.05) is 29.8 Å². The van der Waals surface area contributed by atoms with E-state index in [0.717, 1.165) is 15.4 Å². The molecule has 0 saturated heterocycles. The van der Waals surface area contributed by atoms with Gasteiger partial charge in [-0.05, 0) is 67.8 Å². The molecule has 0 spiro atoms. The summed E-state index contributed by atoms with van der Waals surface area (Å²) in [7, 11) is -2.32. The van der Waals surface area contributed by atoms with Crippen molar-refractivity contribution in [3.05, 3.63) is 83.4 Å². The predicted molar refractivity (Wildman–Crippen MR) is 126 cm³/mol. The van der Waals surface area contributed by atoms with Crippen molar-refractivity contribution >= 4 is 27.3 Å². The van der Waals surface area contributed by atoms with Crippen LogP contribution in [0.25, 0.3) is 0 Å². The highest BCUT2D eigenvalue weighted by molar-refractivity contribution is 7.92. The fraction of sp³-hybridized carbons (Fsp3) is 0.240. The highest BCUT2D eigenvalue weighted by Gasteiger charge is 2.28. The van der Waals surface area contributed by atoms with Crippen LogP contribution < -0.4 is 13.9 Å². The van der Waals surface area contributed by atoms with Crippen LogP contribution in [0.3, 0.4) is 0 Å². The average Bonchev–Trinajstić information content (AvgIpc) is 2.83. The SMILES string of the molecule is Cc1ccc(S(=O)(=O)N(C)c2ccc(C(=O)N3CCCc4cccc(OC(F)F)c43)cc2)cc1. The number of carbonyl (C=O) groups is 1. The number of rotatable bonds is 6. The maximum atomic E-state index is 13.3. The molecule has 0 unspecified atom stereocenters. The van der Waals surface area contributed by atoms with Gasteiger partial charge in [0.2, 0.25) is 0 Å². The van der Waals surface area contributed by atoms with Gasteiger partial charge in [-0.2, -0.15) is 8.78 Å². The van der Waals surface area contributed by atoms with E-state index in [9.17, 15) is 22.0 Å². The van der Waals surface area contributed by atoms with Crippen LogP contribution in [-0.4, -0.2) is 34.5 Å². The fourth-order valence-electron chi connectivity index (χ4n) is 3.99. The van der Waals surface area contributed by atoms with E-state index in [1.165, 1.54) is 30.1 Å². The molecule has 9 heteroatoms. The summed E-state index contributed by atoms with van der Waals surface area (Å²) < 4.78 is 57.6. The minimum Gasteiger partial charge on any atom is -0.433 e. The van der Waals surface area contributed by atoms with Gasteiger partial charge in [0.05, 0.1) is 16.3 Å². The number of anilines is 2. The molecular formula is C25H24F2N2O4S. The van der Waals surface area contributed by atoms with E-state index in [-0.39, 0.29) is 16.6 Å². The molecule has 4 rings (SSSR count). The van der Waals surface area contributed by atoms with Crippen LogP contribution in [0.15, 0.2) is 71.6 Å². The Morgan fingerprint density at radius 1 is 1.03 bits per heavy atom. The molecule has 178 valence electrons. The Hall–Kier alpha value is -3.46. The van der Waals surface area contributed by atoms with Crippen molar-refractivity contribution in [3.63, 3.8) is 0 Å². The van der Waals surface area contributed by atoms with Gasteiger partial charge < -0.3 is 9.64 Å². The summed E-state index contributed by atoms with van der Waals surface area (Å²) in [6.45, 7) is -0.770. The fourth-order valence-corrected chi connectivity index (χ4v) is 5.18. The molecule has 0 radical (unpaired) electrons. The number of para-hydroxylation sites is 1. The van der Waals surface area contributed by atoms with E-state index in [2.05, 4.69) is 4.74 Å². The molecule has 1 aliphatic rings. The van der Waals surface area contributed by atoms with Gasteiger partial charge in [-0.15, -0.1) is 0 Å². The second-order valence-corrected chi connectivity index (χ2v) is 10.0. The molecule has 0 bridgehead atoms. The van der Waals surface area contributed by atoms with Crippen molar-refractivity contribution in [1.29, 1.82) is 0 Å². The molecule has 0 atom stereocenters. The predicted octanol–water partition coefficient (Wildman–Crippen LogP) is 5.01. The van der Waals surface area contributed by atoms with Gasteiger partial charge in [-0.25, -0.2) is 8.42 Å². The number of sulfonamides is 1. The van der Waals surface area contributed by atoms with Crippen molar-refractivity contribution in [2.24, 2.45) is 0 Å². The number of carbonyl (C=O) groups excluding carboxylic acids is 1. The molecule has 1 heterocycles. The number of nitrogens with zero attached hydrogens (tertiary/aromatic N) is 2. The lowest BCUT2D eigenvalue weighted by atomic mass is 10.00. The van der Waals surface area contributed by atoms with Gasteiger partial charge in [0.1, 0.15) is 5.75 Å². The van der Waals surface area contributed by atoms with Crippen LogP contribution >= 0.6 is 0 Å². The molecule has 3 aromatic rings. The summed E-state index contributed by atoms with van der Waals surface area (Å²) in [4.78, 5) is 14.9. The smallest absolute Gasteiger partial charge is 0.387 e. The lowest BCUT2D eigenvalue weighted by molar-refractivity contribution is -0.0495. The van der Waals surface area contributed by atoms with Crippen LogP contribution in [0.4, 0.5) is 20.2 Å². The number of halogens is 2. The minimum atomic E-state index is -3.77. The molecule has 0 aliphatic carbocycles. The molecule has 0 fully saturated rings. The topological polar surface area (TPSA) is 66.9 Å². The van der Waals surface area contributed by atoms with Gasteiger partial charge >= 0.3 is 6.61 Å². The molecule has 1 amide bonds. The van der Waals surface area contributed by atoms with Crippen LogP contribution in [0, 0.1) is 6.92 Å². The number of aryl methyl sites for hydroxylation is 2. The Kier molecular flexibility index (Phi) is 6.56. The molecular weight excluding hydrogens is 462 g/mol. The van der Waals surface area contributed by atoms with Crippen LogP contribution in [0.2, 0.25) is 0 Å². The van der Waals surface area contributed by atoms with Crippen molar-refractivity contribution in [1.82, 2.24) is 0 Å². The third kappa shape index (κ3) is 4.61. The summed E-state index contributed by atoms with van der Waals surface area (Å²) in [6.07, 6.45) is 1.34. The zero-order valence-corrected chi connectivity index (χ0v) is 19.6. The summed E-state index contributed by atoms with van der Waals surface area (Å²) in [5.74, 6) is -0.414. The maximum absolute atomic E-state index is 13.3. The molecule has 6 nitrogen and oxygen atoms in total. The molecule has 34 heavy (non-hydrogen) atoms. The van der Waals surface area contributed by atoms with Gasteiger partial charge in [-0.3, -0.25) is 9.10 Å². The monoisotopic (exact) mass is 486 g/mol. The highest BCUT2D eigenvalue weighted by atomic mass is 32.2. The Labute approximate surface area is 197 Å². The van der Waals surface area contributed by atoms with E-state index in [0.29, 0.717) is 36.3 Å². The van der Waals surface area contributed by atoms with Crippen molar-refractivity contribution in [2.45, 2.75) is 31.3 Å². The molecule has 3 aromatic carbocycles. The van der Waals surface area contributed by atoms with Crippen molar-refractivity contribution in [2.75, 3.05) is 22.8 Å². The third-order valence-corrected chi connectivity index (χ3v) is 7.60. The minimum absolute atomic E-state index is 0.0407. The zero-order chi connectivity index (χ0) is 24.5. The summed E-state index contributed by atoms with van der Waals surface area (Å²) in [5.41, 5.74) is 2.76. The van der Waals surface area contributed by atoms with E-state index >= 15 is 0 Å². The molecule has 0 aromatic heterocycles. The molecule has 1 aliphatic heterocycles. The van der Waals surface area contributed by atoms with Crippen LogP contribution in [-0.2, 0) is 16.4 Å². The Morgan fingerprint density at radius 2 is 1.71 bits per heavy atom. The lowest BCUT2D eigenvalue weighted by Crippen LogP contribution is -2.36. The first-order chi connectivity index (χ1) is 16.2. The van der Waals surface area contributed by atoms with Crippen LogP contribution in [0.5, 0.6) is 5.75 Å². The first-order valence-corrected chi connectivity index (χ1v) is 12.2. The summed E-state index contributed by atoms with van der Waals surface area (Å²) >= 11 is 0. The molecule has 0 saturated carbocycles. The number of benzene rings is 3. The summed E-state index contributed by atoms with van der Waals surface area (Å²) in [6, 6.07) is 17.5. The largest absolute Gasteiger partial charge is 0.433 e. The Bertz CT molecular complexity index is 1290. The number of fused-ring (bicyclic) bond motifs is 1. The van der Waals surface area contributed by atoms with E-state index in [4.69, 9.17) is 0 Å².